The highest BCUT2D eigenvalue weighted by molar-refractivity contribution is 4.94. The molecule has 17 heavy (non-hydrogen) atoms. The molecule has 0 fully saturated rings. The Bertz CT molecular complexity index is 319. The van der Waals surface area contributed by atoms with Gasteiger partial charge in [0.05, 0.1) is 0 Å². The normalized spacial score (nSPS) is 13.2. The monoisotopic (exact) mass is 248 g/mol. The molecule has 0 aliphatic carbocycles. The number of aromatic nitrogens is 2. The number of rotatable bonds is 8. The molecule has 0 aromatic carbocycles. The van der Waals surface area contributed by atoms with Crippen LogP contribution in [-0.2, 0) is 18.2 Å². The highest BCUT2D eigenvalue weighted by Gasteiger charge is 2.11. The fourth-order valence-electron chi connectivity index (χ4n) is 1.46. The maximum Gasteiger partial charge on any atom is 0.261 e. The van der Waals surface area contributed by atoms with E-state index in [9.17, 15) is 8.78 Å². The first kappa shape index (κ1) is 14.0. The van der Waals surface area contributed by atoms with Crippen LogP contribution in [0.3, 0.4) is 0 Å². The number of ether oxygens (including phenoxy) is 1. The minimum Gasteiger partial charge on any atom is -0.375 e. The maximum absolute atomic E-state index is 11.8. The Labute approximate surface area is 98.9 Å². The molecule has 1 aromatic rings. The van der Waals surface area contributed by atoms with Gasteiger partial charge in [-0.1, -0.05) is 0 Å². The summed E-state index contributed by atoms with van der Waals surface area (Å²) in [6.07, 6.45) is 2.33. The van der Waals surface area contributed by atoms with Crippen molar-refractivity contribution in [3.63, 3.8) is 0 Å². The van der Waals surface area contributed by atoms with Gasteiger partial charge in [0.25, 0.3) is 6.43 Å². The number of hydrazine groups is 1. The number of hydrogen-bond donors (Lipinski definition) is 2. The van der Waals surface area contributed by atoms with Crippen LogP contribution >= 0.6 is 0 Å². The molecule has 98 valence electrons. The number of halogens is 2. The Balaban J connectivity index is 2.27. The summed E-state index contributed by atoms with van der Waals surface area (Å²) in [5.41, 5.74) is 2.63. The Morgan fingerprint density at radius 1 is 1.59 bits per heavy atom. The first-order valence-electron chi connectivity index (χ1n) is 5.41. The lowest BCUT2D eigenvalue weighted by molar-refractivity contribution is 0.0143. The third kappa shape index (κ3) is 5.20. The molecular weight excluding hydrogens is 230 g/mol. The summed E-state index contributed by atoms with van der Waals surface area (Å²) in [7, 11) is 1.89. The number of aryl methyl sites for hydroxylation is 1. The van der Waals surface area contributed by atoms with Crippen LogP contribution < -0.4 is 11.3 Å². The van der Waals surface area contributed by atoms with Gasteiger partial charge in [-0.25, -0.2) is 13.8 Å². The molecule has 7 heteroatoms. The third-order valence-corrected chi connectivity index (χ3v) is 2.44. The second-order valence-electron chi connectivity index (χ2n) is 3.78. The number of hydrogen-bond acceptors (Lipinski definition) is 4. The number of alkyl halides is 2. The second kappa shape index (κ2) is 7.31. The average molecular weight is 248 g/mol. The van der Waals surface area contributed by atoms with Gasteiger partial charge in [-0.15, -0.1) is 0 Å². The second-order valence-corrected chi connectivity index (χ2v) is 3.78. The van der Waals surface area contributed by atoms with Gasteiger partial charge in [-0.05, 0) is 6.42 Å². The van der Waals surface area contributed by atoms with Crippen LogP contribution in [-0.4, -0.2) is 35.2 Å². The van der Waals surface area contributed by atoms with Crippen LogP contribution in [0, 0.1) is 0 Å². The lowest BCUT2D eigenvalue weighted by atomic mass is 10.1. The molecule has 3 N–H and O–H groups in total. The van der Waals surface area contributed by atoms with E-state index in [4.69, 9.17) is 10.6 Å². The van der Waals surface area contributed by atoms with Crippen LogP contribution in [0.25, 0.3) is 0 Å². The van der Waals surface area contributed by atoms with Crippen molar-refractivity contribution in [2.24, 2.45) is 12.9 Å². The zero-order valence-corrected chi connectivity index (χ0v) is 9.77. The van der Waals surface area contributed by atoms with Crippen molar-refractivity contribution in [3.05, 3.63) is 18.2 Å². The molecule has 0 aliphatic rings. The van der Waals surface area contributed by atoms with E-state index in [1.54, 1.807) is 6.20 Å². The van der Waals surface area contributed by atoms with Crippen molar-refractivity contribution in [3.8, 4) is 0 Å². The SMILES string of the molecule is Cn1ccnc1CC(CCOCC(F)F)NN. The Morgan fingerprint density at radius 2 is 2.35 bits per heavy atom. The summed E-state index contributed by atoms with van der Waals surface area (Å²) in [6.45, 7) is -0.274. The fraction of sp³-hybridized carbons (Fsp3) is 0.700. The van der Waals surface area contributed by atoms with Crippen molar-refractivity contribution >= 4 is 0 Å². The first-order valence-corrected chi connectivity index (χ1v) is 5.41. The van der Waals surface area contributed by atoms with E-state index in [-0.39, 0.29) is 12.6 Å². The van der Waals surface area contributed by atoms with E-state index in [1.165, 1.54) is 0 Å². The van der Waals surface area contributed by atoms with Crippen LogP contribution in [0.5, 0.6) is 0 Å². The number of nitrogens with zero attached hydrogens (tertiary/aromatic N) is 2. The van der Waals surface area contributed by atoms with Gasteiger partial charge in [0.2, 0.25) is 0 Å². The molecule has 1 heterocycles. The van der Waals surface area contributed by atoms with Gasteiger partial charge < -0.3 is 9.30 Å². The van der Waals surface area contributed by atoms with Crippen molar-refractivity contribution < 1.29 is 13.5 Å². The summed E-state index contributed by atoms with van der Waals surface area (Å²) in [5, 5.41) is 0. The van der Waals surface area contributed by atoms with Crippen molar-refractivity contribution in [2.45, 2.75) is 25.3 Å². The average Bonchev–Trinajstić information content (AvgIpc) is 2.68. The van der Waals surface area contributed by atoms with E-state index in [0.29, 0.717) is 12.8 Å². The molecular formula is C10H18F2N4O. The van der Waals surface area contributed by atoms with Gasteiger partial charge in [0.1, 0.15) is 12.4 Å². The highest BCUT2D eigenvalue weighted by Crippen LogP contribution is 2.03. The maximum atomic E-state index is 11.8. The van der Waals surface area contributed by atoms with E-state index >= 15 is 0 Å². The predicted molar refractivity (Wildman–Crippen MR) is 59.5 cm³/mol. The Kier molecular flexibility index (Phi) is 6.03. The summed E-state index contributed by atoms with van der Waals surface area (Å²) >= 11 is 0. The minimum absolute atomic E-state index is 0.0335. The Morgan fingerprint density at radius 3 is 2.88 bits per heavy atom. The van der Waals surface area contributed by atoms with E-state index in [2.05, 4.69) is 10.4 Å². The molecule has 0 radical (unpaired) electrons. The van der Waals surface area contributed by atoms with Crippen LogP contribution in [0.2, 0.25) is 0 Å². The van der Waals surface area contributed by atoms with Crippen molar-refractivity contribution in [1.82, 2.24) is 15.0 Å². The quantitative estimate of drug-likeness (QED) is 0.399. The summed E-state index contributed by atoms with van der Waals surface area (Å²) in [4.78, 5) is 4.17. The van der Waals surface area contributed by atoms with E-state index in [1.807, 2.05) is 17.8 Å². The fourth-order valence-corrected chi connectivity index (χ4v) is 1.46. The molecule has 1 rings (SSSR count). The summed E-state index contributed by atoms with van der Waals surface area (Å²) in [6, 6.07) is -0.0335. The number of nitrogens with two attached hydrogens (primary N) is 1. The molecule has 0 amide bonds. The van der Waals surface area contributed by atoms with Crippen molar-refractivity contribution in [2.75, 3.05) is 13.2 Å². The Hall–Kier alpha value is -1.05. The van der Waals surface area contributed by atoms with Gasteiger partial charge in [0.15, 0.2) is 0 Å². The zero-order valence-electron chi connectivity index (χ0n) is 9.77. The topological polar surface area (TPSA) is 65.1 Å². The summed E-state index contributed by atoms with van der Waals surface area (Å²) < 4.78 is 30.3. The largest absolute Gasteiger partial charge is 0.375 e. The molecule has 1 unspecified atom stereocenters. The highest BCUT2D eigenvalue weighted by atomic mass is 19.3. The van der Waals surface area contributed by atoms with Gasteiger partial charge in [-0.3, -0.25) is 11.3 Å². The third-order valence-electron chi connectivity index (χ3n) is 2.44. The molecule has 5 nitrogen and oxygen atoms in total. The lowest BCUT2D eigenvalue weighted by Gasteiger charge is -2.15. The van der Waals surface area contributed by atoms with E-state index in [0.717, 1.165) is 5.82 Å². The lowest BCUT2D eigenvalue weighted by Crippen LogP contribution is -2.38. The number of nitrogens with one attached hydrogen (secondary N) is 1. The van der Waals surface area contributed by atoms with Gasteiger partial charge in [0, 0.05) is 38.5 Å². The zero-order chi connectivity index (χ0) is 12.7. The predicted octanol–water partition coefficient (Wildman–Crippen LogP) is 0.466. The molecule has 0 aliphatic heterocycles. The van der Waals surface area contributed by atoms with Crippen LogP contribution in [0.15, 0.2) is 12.4 Å². The van der Waals surface area contributed by atoms with Crippen LogP contribution in [0.4, 0.5) is 8.78 Å². The van der Waals surface area contributed by atoms with Crippen molar-refractivity contribution in [1.29, 1.82) is 0 Å². The molecule has 1 atom stereocenters. The first-order chi connectivity index (χ1) is 8.13. The minimum atomic E-state index is -2.42. The molecule has 0 saturated heterocycles. The van der Waals surface area contributed by atoms with Gasteiger partial charge >= 0.3 is 0 Å². The molecule has 0 spiro atoms. The standard InChI is InChI=1S/C10H18F2N4O/c1-16-4-3-14-10(16)6-8(15-13)2-5-17-7-9(11)12/h3-4,8-9,15H,2,5-7,13H2,1H3. The van der Waals surface area contributed by atoms with Crippen LogP contribution in [0.1, 0.15) is 12.2 Å². The summed E-state index contributed by atoms with van der Waals surface area (Å²) in [5.74, 6) is 6.28. The molecule has 0 bridgehead atoms. The van der Waals surface area contributed by atoms with Gasteiger partial charge in [-0.2, -0.15) is 0 Å². The van der Waals surface area contributed by atoms with E-state index < -0.39 is 13.0 Å². The molecule has 1 aromatic heterocycles. The molecule has 0 saturated carbocycles. The number of imidazole rings is 1. The smallest absolute Gasteiger partial charge is 0.261 e.